The smallest absolute Gasteiger partial charge is 0.191 e. The first-order chi connectivity index (χ1) is 10.8. The van der Waals surface area contributed by atoms with E-state index >= 15 is 0 Å². The fourth-order valence-corrected chi connectivity index (χ4v) is 2.13. The number of aryl methyl sites for hydroxylation is 1. The second kappa shape index (κ2) is 8.93. The summed E-state index contributed by atoms with van der Waals surface area (Å²) in [4.78, 5) is 4.67. The Balaban J connectivity index is 1.89. The number of nitrogens with zero attached hydrogens (tertiary/aromatic N) is 1. The van der Waals surface area contributed by atoms with E-state index in [9.17, 15) is 0 Å². The molecule has 0 bridgehead atoms. The summed E-state index contributed by atoms with van der Waals surface area (Å²) in [5.41, 5.74) is 2.53. The van der Waals surface area contributed by atoms with Crippen molar-refractivity contribution in [3.8, 4) is 0 Å². The zero-order valence-electron chi connectivity index (χ0n) is 13.4. The summed E-state index contributed by atoms with van der Waals surface area (Å²) in [5, 5.41) is 6.71. The van der Waals surface area contributed by atoms with Crippen molar-refractivity contribution in [1.82, 2.24) is 10.6 Å². The first kappa shape index (κ1) is 16.1. The molecule has 2 rings (SSSR count). The molecule has 0 aliphatic heterocycles. The van der Waals surface area contributed by atoms with Gasteiger partial charge >= 0.3 is 0 Å². The molecule has 118 valence electrons. The van der Waals surface area contributed by atoms with Gasteiger partial charge in [0.25, 0.3) is 0 Å². The molecule has 0 amide bonds. The van der Waals surface area contributed by atoms with Gasteiger partial charge in [-0.25, -0.2) is 4.99 Å². The Morgan fingerprint density at radius 1 is 1.09 bits per heavy atom. The van der Waals surface area contributed by atoms with Crippen molar-refractivity contribution in [3.63, 3.8) is 0 Å². The van der Waals surface area contributed by atoms with Gasteiger partial charge in [0.05, 0.1) is 12.8 Å². The Hall–Kier alpha value is -2.23. The van der Waals surface area contributed by atoms with Gasteiger partial charge < -0.3 is 15.1 Å². The monoisotopic (exact) mass is 299 g/mol. The van der Waals surface area contributed by atoms with Gasteiger partial charge in [0, 0.05) is 19.5 Å². The minimum absolute atomic E-state index is 0.687. The molecule has 0 aliphatic carbocycles. The van der Waals surface area contributed by atoms with Crippen LogP contribution in [0.15, 0.2) is 52.1 Å². The number of nitrogens with one attached hydrogen (secondary N) is 2. The summed E-state index contributed by atoms with van der Waals surface area (Å²) in [7, 11) is 0. The van der Waals surface area contributed by atoms with Crippen LogP contribution in [0.1, 0.15) is 30.2 Å². The number of rotatable bonds is 7. The molecule has 1 heterocycles. The summed E-state index contributed by atoms with van der Waals surface area (Å²) in [6.07, 6.45) is 3.63. The van der Waals surface area contributed by atoms with Crippen LogP contribution in [0.3, 0.4) is 0 Å². The van der Waals surface area contributed by atoms with E-state index in [0.717, 1.165) is 37.7 Å². The third kappa shape index (κ3) is 5.28. The van der Waals surface area contributed by atoms with Crippen molar-refractivity contribution in [3.05, 3.63) is 59.5 Å². The lowest BCUT2D eigenvalue weighted by atomic mass is 10.1. The Morgan fingerprint density at radius 3 is 2.64 bits per heavy atom. The normalized spacial score (nSPS) is 11.5. The molecule has 4 nitrogen and oxygen atoms in total. The summed E-state index contributed by atoms with van der Waals surface area (Å²) in [5.74, 6) is 1.85. The highest BCUT2D eigenvalue weighted by atomic mass is 16.3. The fourth-order valence-electron chi connectivity index (χ4n) is 2.13. The van der Waals surface area contributed by atoms with Crippen LogP contribution in [-0.2, 0) is 13.0 Å². The Labute approximate surface area is 132 Å². The van der Waals surface area contributed by atoms with Crippen molar-refractivity contribution in [2.45, 2.75) is 33.2 Å². The van der Waals surface area contributed by atoms with Crippen molar-refractivity contribution in [2.75, 3.05) is 13.1 Å². The number of hydrogen-bond donors (Lipinski definition) is 2. The van der Waals surface area contributed by atoms with Crippen molar-refractivity contribution in [2.24, 2.45) is 4.99 Å². The lowest BCUT2D eigenvalue weighted by Crippen LogP contribution is -2.38. The SMILES string of the molecule is CCCNC(=NCc1ccccc1C)NCCc1ccco1. The molecule has 0 aliphatic rings. The molecule has 0 spiro atoms. The number of benzene rings is 1. The predicted octanol–water partition coefficient (Wildman–Crippen LogP) is 3.28. The Morgan fingerprint density at radius 2 is 1.91 bits per heavy atom. The van der Waals surface area contributed by atoms with Gasteiger partial charge in [-0.2, -0.15) is 0 Å². The minimum Gasteiger partial charge on any atom is -0.469 e. The summed E-state index contributed by atoms with van der Waals surface area (Å²) in [6, 6.07) is 12.3. The molecule has 2 N–H and O–H groups in total. The molecule has 0 saturated heterocycles. The van der Waals surface area contributed by atoms with E-state index in [-0.39, 0.29) is 0 Å². The average Bonchev–Trinajstić information content (AvgIpc) is 3.04. The van der Waals surface area contributed by atoms with Crippen molar-refractivity contribution < 1.29 is 4.42 Å². The molecule has 0 fully saturated rings. The van der Waals surface area contributed by atoms with Gasteiger partial charge in [-0.05, 0) is 36.6 Å². The van der Waals surface area contributed by atoms with Crippen LogP contribution in [0.4, 0.5) is 0 Å². The van der Waals surface area contributed by atoms with Crippen LogP contribution in [0.5, 0.6) is 0 Å². The first-order valence-corrected chi connectivity index (χ1v) is 7.88. The van der Waals surface area contributed by atoms with Crippen LogP contribution >= 0.6 is 0 Å². The fraction of sp³-hybridized carbons (Fsp3) is 0.389. The molecule has 0 unspecified atom stereocenters. The lowest BCUT2D eigenvalue weighted by Gasteiger charge is -2.12. The predicted molar refractivity (Wildman–Crippen MR) is 91.0 cm³/mol. The van der Waals surface area contributed by atoms with Gasteiger partial charge in [-0.3, -0.25) is 0 Å². The second-order valence-corrected chi connectivity index (χ2v) is 5.27. The number of hydrogen-bond acceptors (Lipinski definition) is 2. The average molecular weight is 299 g/mol. The van der Waals surface area contributed by atoms with Crippen LogP contribution in [0.25, 0.3) is 0 Å². The van der Waals surface area contributed by atoms with Gasteiger partial charge in [0.1, 0.15) is 5.76 Å². The van der Waals surface area contributed by atoms with Crippen LogP contribution in [0, 0.1) is 6.92 Å². The van der Waals surface area contributed by atoms with E-state index in [1.165, 1.54) is 11.1 Å². The van der Waals surface area contributed by atoms with E-state index in [4.69, 9.17) is 4.42 Å². The molecule has 1 aromatic heterocycles. The molecular weight excluding hydrogens is 274 g/mol. The summed E-state index contributed by atoms with van der Waals surface area (Å²) in [6.45, 7) is 6.67. The van der Waals surface area contributed by atoms with Gasteiger partial charge in [-0.1, -0.05) is 31.2 Å². The van der Waals surface area contributed by atoms with Gasteiger partial charge in [0.15, 0.2) is 5.96 Å². The maximum absolute atomic E-state index is 5.34. The van der Waals surface area contributed by atoms with E-state index in [2.05, 4.69) is 53.7 Å². The maximum atomic E-state index is 5.34. The molecule has 2 aromatic rings. The minimum atomic E-state index is 0.687. The molecular formula is C18H25N3O. The van der Waals surface area contributed by atoms with E-state index < -0.39 is 0 Å². The quantitative estimate of drug-likeness (QED) is 0.609. The zero-order chi connectivity index (χ0) is 15.6. The van der Waals surface area contributed by atoms with Crippen LogP contribution < -0.4 is 10.6 Å². The van der Waals surface area contributed by atoms with Crippen LogP contribution in [-0.4, -0.2) is 19.0 Å². The zero-order valence-corrected chi connectivity index (χ0v) is 13.4. The number of aliphatic imine (C=N–C) groups is 1. The van der Waals surface area contributed by atoms with Crippen molar-refractivity contribution in [1.29, 1.82) is 0 Å². The third-order valence-corrected chi connectivity index (χ3v) is 3.46. The summed E-state index contributed by atoms with van der Waals surface area (Å²) >= 11 is 0. The molecule has 0 atom stereocenters. The van der Waals surface area contributed by atoms with Crippen LogP contribution in [0.2, 0.25) is 0 Å². The van der Waals surface area contributed by atoms with Gasteiger partial charge in [-0.15, -0.1) is 0 Å². The number of furan rings is 1. The second-order valence-electron chi connectivity index (χ2n) is 5.27. The summed E-state index contributed by atoms with van der Waals surface area (Å²) < 4.78 is 5.34. The third-order valence-electron chi connectivity index (χ3n) is 3.46. The largest absolute Gasteiger partial charge is 0.469 e. The Kier molecular flexibility index (Phi) is 6.55. The van der Waals surface area contributed by atoms with Crippen molar-refractivity contribution >= 4 is 5.96 Å². The van der Waals surface area contributed by atoms with E-state index in [0.29, 0.717) is 6.54 Å². The molecule has 4 heteroatoms. The maximum Gasteiger partial charge on any atom is 0.191 e. The first-order valence-electron chi connectivity index (χ1n) is 7.88. The molecule has 0 radical (unpaired) electrons. The lowest BCUT2D eigenvalue weighted by molar-refractivity contribution is 0.506. The van der Waals surface area contributed by atoms with E-state index in [1.54, 1.807) is 6.26 Å². The highest BCUT2D eigenvalue weighted by Gasteiger charge is 2.01. The van der Waals surface area contributed by atoms with Gasteiger partial charge in [0.2, 0.25) is 0 Å². The molecule has 0 saturated carbocycles. The highest BCUT2D eigenvalue weighted by Crippen LogP contribution is 2.08. The topological polar surface area (TPSA) is 49.6 Å². The standard InChI is InChI=1S/C18H25N3O/c1-3-11-19-18(20-12-10-17-9-6-13-22-17)21-14-16-8-5-4-7-15(16)2/h4-9,13H,3,10-12,14H2,1-2H3,(H2,19,20,21). The molecule has 1 aromatic carbocycles. The Bertz CT molecular complexity index is 576. The molecule has 22 heavy (non-hydrogen) atoms. The number of guanidine groups is 1. The highest BCUT2D eigenvalue weighted by molar-refractivity contribution is 5.79. The van der Waals surface area contributed by atoms with E-state index in [1.807, 2.05) is 12.1 Å².